The molecule has 1 saturated heterocycles. The van der Waals surface area contributed by atoms with Gasteiger partial charge in [0, 0.05) is 6.08 Å². The van der Waals surface area contributed by atoms with Gasteiger partial charge in [0.2, 0.25) is 0 Å². The SMILES string of the molecule is Cc1ccc(/C=C2/SC(=S)N(c3cc(C(=O)[O-])ccc3C)C2=O)o1. The van der Waals surface area contributed by atoms with Gasteiger partial charge in [-0.15, -0.1) is 0 Å². The lowest BCUT2D eigenvalue weighted by Crippen LogP contribution is -2.29. The highest BCUT2D eigenvalue weighted by Gasteiger charge is 2.34. The van der Waals surface area contributed by atoms with E-state index in [1.165, 1.54) is 17.0 Å². The molecule has 3 rings (SSSR count). The molecule has 0 aliphatic carbocycles. The number of carboxylic acids is 1. The van der Waals surface area contributed by atoms with Crippen LogP contribution in [-0.4, -0.2) is 16.2 Å². The number of furan rings is 1. The number of hydrogen-bond acceptors (Lipinski definition) is 6. The molecule has 5 nitrogen and oxygen atoms in total. The van der Waals surface area contributed by atoms with Crippen LogP contribution in [0.25, 0.3) is 6.08 Å². The Morgan fingerprint density at radius 3 is 2.67 bits per heavy atom. The van der Waals surface area contributed by atoms with Gasteiger partial charge in [0.25, 0.3) is 5.91 Å². The smallest absolute Gasteiger partial charge is 0.270 e. The Kier molecular flexibility index (Phi) is 4.29. The number of carbonyl (C=O) groups excluding carboxylic acids is 2. The van der Waals surface area contributed by atoms with Gasteiger partial charge in [-0.05, 0) is 43.2 Å². The molecule has 2 aromatic rings. The number of thioether (sulfide) groups is 1. The summed E-state index contributed by atoms with van der Waals surface area (Å²) >= 11 is 6.45. The van der Waals surface area contributed by atoms with Crippen LogP contribution in [0.5, 0.6) is 0 Å². The molecule has 0 atom stereocenters. The van der Waals surface area contributed by atoms with Gasteiger partial charge in [-0.1, -0.05) is 36.1 Å². The Hall–Kier alpha value is -2.38. The van der Waals surface area contributed by atoms with E-state index >= 15 is 0 Å². The molecule has 2 heterocycles. The van der Waals surface area contributed by atoms with Crippen LogP contribution in [0.2, 0.25) is 0 Å². The second-order valence-electron chi connectivity index (χ2n) is 5.25. The maximum absolute atomic E-state index is 12.7. The average Bonchev–Trinajstić information content (AvgIpc) is 3.04. The number of aromatic carboxylic acids is 1. The summed E-state index contributed by atoms with van der Waals surface area (Å²) in [4.78, 5) is 25.5. The maximum Gasteiger partial charge on any atom is 0.270 e. The standard InChI is InChI=1S/C17H13NO4S2/c1-9-3-5-11(16(20)21)7-13(9)18-15(19)14(24-17(18)23)8-12-6-4-10(2)22-12/h3-8H,1-2H3,(H,20,21)/p-1/b14-8+. The highest BCUT2D eigenvalue weighted by atomic mass is 32.2. The van der Waals surface area contributed by atoms with Gasteiger partial charge in [-0.25, -0.2) is 0 Å². The van der Waals surface area contributed by atoms with Crippen molar-refractivity contribution < 1.29 is 19.1 Å². The van der Waals surface area contributed by atoms with Crippen molar-refractivity contribution >= 4 is 51.9 Å². The number of nitrogens with zero attached hydrogens (tertiary/aromatic N) is 1. The number of thiocarbonyl (C=S) groups is 1. The number of carbonyl (C=O) groups is 2. The van der Waals surface area contributed by atoms with Crippen LogP contribution < -0.4 is 10.0 Å². The van der Waals surface area contributed by atoms with Gasteiger partial charge in [0.05, 0.1) is 16.6 Å². The lowest BCUT2D eigenvalue weighted by atomic mass is 10.1. The van der Waals surface area contributed by atoms with Crippen LogP contribution in [0.1, 0.15) is 27.4 Å². The Morgan fingerprint density at radius 2 is 2.04 bits per heavy atom. The van der Waals surface area contributed by atoms with Crippen LogP contribution in [0.4, 0.5) is 5.69 Å². The fourth-order valence-electron chi connectivity index (χ4n) is 2.31. The van der Waals surface area contributed by atoms with Crippen molar-refractivity contribution in [3.05, 3.63) is 57.9 Å². The third-order valence-electron chi connectivity index (χ3n) is 3.51. The molecular formula is C17H12NO4S2-. The van der Waals surface area contributed by atoms with Gasteiger partial charge in [-0.3, -0.25) is 9.69 Å². The molecule has 0 spiro atoms. The van der Waals surface area contributed by atoms with Gasteiger partial charge in [0.15, 0.2) is 4.32 Å². The third-order valence-corrected chi connectivity index (χ3v) is 4.82. The normalized spacial score (nSPS) is 16.2. The molecule has 0 N–H and O–H groups in total. The Balaban J connectivity index is 1.99. The van der Waals surface area contributed by atoms with Crippen molar-refractivity contribution in [1.82, 2.24) is 0 Å². The van der Waals surface area contributed by atoms with Crippen molar-refractivity contribution in [3.8, 4) is 0 Å². The first kappa shape index (κ1) is 16.5. The molecule has 1 aromatic carbocycles. The minimum Gasteiger partial charge on any atom is -0.545 e. The molecule has 1 aliphatic rings. The second-order valence-corrected chi connectivity index (χ2v) is 6.93. The van der Waals surface area contributed by atoms with Crippen LogP contribution in [-0.2, 0) is 4.79 Å². The van der Waals surface area contributed by atoms with Crippen LogP contribution in [0, 0.1) is 13.8 Å². The average molecular weight is 358 g/mol. The minimum absolute atomic E-state index is 0.00436. The molecule has 0 unspecified atom stereocenters. The second kappa shape index (κ2) is 6.26. The summed E-state index contributed by atoms with van der Waals surface area (Å²) in [5.41, 5.74) is 1.18. The summed E-state index contributed by atoms with van der Waals surface area (Å²) in [6.07, 6.45) is 1.63. The van der Waals surface area contributed by atoms with E-state index in [9.17, 15) is 14.7 Å². The highest BCUT2D eigenvalue weighted by Crippen LogP contribution is 2.37. The van der Waals surface area contributed by atoms with Gasteiger partial charge < -0.3 is 14.3 Å². The summed E-state index contributed by atoms with van der Waals surface area (Å²) < 4.78 is 5.80. The number of amides is 1. The van der Waals surface area contributed by atoms with Gasteiger partial charge in [0.1, 0.15) is 11.5 Å². The summed E-state index contributed by atoms with van der Waals surface area (Å²) in [6.45, 7) is 3.60. The van der Waals surface area contributed by atoms with E-state index < -0.39 is 5.97 Å². The molecule has 0 radical (unpaired) electrons. The fraction of sp³-hybridized carbons (Fsp3) is 0.118. The topological polar surface area (TPSA) is 73.6 Å². The molecule has 7 heteroatoms. The van der Waals surface area contributed by atoms with E-state index in [1.54, 1.807) is 31.2 Å². The van der Waals surface area contributed by atoms with Crippen LogP contribution in [0.3, 0.4) is 0 Å². The molecule has 1 aliphatic heterocycles. The first-order valence-corrected chi connectivity index (χ1v) is 8.25. The zero-order chi connectivity index (χ0) is 17.4. The lowest BCUT2D eigenvalue weighted by Gasteiger charge is -2.18. The molecule has 0 saturated carbocycles. The van der Waals surface area contributed by atoms with E-state index in [0.717, 1.165) is 23.1 Å². The van der Waals surface area contributed by atoms with Crippen molar-refractivity contribution in [3.63, 3.8) is 0 Å². The van der Waals surface area contributed by atoms with E-state index in [1.807, 2.05) is 6.92 Å². The first-order valence-electron chi connectivity index (χ1n) is 7.03. The molecule has 24 heavy (non-hydrogen) atoms. The zero-order valence-electron chi connectivity index (χ0n) is 12.9. The molecule has 122 valence electrons. The number of carboxylic acid groups (broad SMARTS) is 1. The molecule has 1 fully saturated rings. The predicted molar refractivity (Wildman–Crippen MR) is 94.6 cm³/mol. The fourth-order valence-corrected chi connectivity index (χ4v) is 3.58. The third kappa shape index (κ3) is 3.00. The number of hydrogen-bond donors (Lipinski definition) is 0. The van der Waals surface area contributed by atoms with E-state index in [-0.39, 0.29) is 11.5 Å². The van der Waals surface area contributed by atoms with E-state index in [4.69, 9.17) is 16.6 Å². The maximum atomic E-state index is 12.7. The van der Waals surface area contributed by atoms with E-state index in [0.29, 0.717) is 20.7 Å². The monoisotopic (exact) mass is 358 g/mol. The number of rotatable bonds is 3. The number of aryl methyl sites for hydroxylation is 2. The Morgan fingerprint density at radius 1 is 1.29 bits per heavy atom. The minimum atomic E-state index is -1.30. The van der Waals surface area contributed by atoms with E-state index in [2.05, 4.69) is 0 Å². The zero-order valence-corrected chi connectivity index (χ0v) is 14.5. The van der Waals surface area contributed by atoms with Crippen molar-refractivity contribution in [2.45, 2.75) is 13.8 Å². The Labute approximate surface area is 148 Å². The van der Waals surface area contributed by atoms with Crippen molar-refractivity contribution in [2.24, 2.45) is 0 Å². The molecule has 1 amide bonds. The quantitative estimate of drug-likeness (QED) is 0.620. The summed E-state index contributed by atoms with van der Waals surface area (Å²) in [5, 5.41) is 11.1. The van der Waals surface area contributed by atoms with Crippen molar-refractivity contribution in [2.75, 3.05) is 4.90 Å². The molecule has 0 bridgehead atoms. The van der Waals surface area contributed by atoms with Gasteiger partial charge >= 0.3 is 0 Å². The number of benzene rings is 1. The molecule has 1 aromatic heterocycles. The number of anilines is 1. The van der Waals surface area contributed by atoms with Gasteiger partial charge in [-0.2, -0.15) is 0 Å². The lowest BCUT2D eigenvalue weighted by molar-refractivity contribution is -0.255. The summed E-state index contributed by atoms with van der Waals surface area (Å²) in [7, 11) is 0. The van der Waals surface area contributed by atoms with Crippen LogP contribution >= 0.6 is 24.0 Å². The molecular weight excluding hydrogens is 346 g/mol. The summed E-state index contributed by atoms with van der Waals surface area (Å²) in [6, 6.07) is 8.03. The predicted octanol–water partition coefficient (Wildman–Crippen LogP) is 2.67. The first-order chi connectivity index (χ1) is 11.4. The van der Waals surface area contributed by atoms with Crippen molar-refractivity contribution in [1.29, 1.82) is 0 Å². The Bertz CT molecular complexity index is 898. The summed E-state index contributed by atoms with van der Waals surface area (Å²) in [5.74, 6) is -0.302. The van der Waals surface area contributed by atoms with Crippen LogP contribution in [0.15, 0.2) is 39.7 Å². The largest absolute Gasteiger partial charge is 0.545 e. The highest BCUT2D eigenvalue weighted by molar-refractivity contribution is 8.27.